The van der Waals surface area contributed by atoms with Crippen LogP contribution in [0, 0.1) is 11.6 Å². The number of hydrogen-bond acceptors (Lipinski definition) is 2. The van der Waals surface area contributed by atoms with Crippen LogP contribution in [0.25, 0.3) is 0 Å². The summed E-state index contributed by atoms with van der Waals surface area (Å²) in [6, 6.07) is 11.2. The number of carbonyl (C=O) groups excluding carboxylic acids is 2. The van der Waals surface area contributed by atoms with Crippen LogP contribution in [0.5, 0.6) is 0 Å². The number of allylic oxidation sites excluding steroid dienone is 4. The number of hydrogen-bond donors (Lipinski definition) is 1. The second-order valence-corrected chi connectivity index (χ2v) is 10.1. The van der Waals surface area contributed by atoms with Gasteiger partial charge in [0.05, 0.1) is 32.7 Å². The molecule has 2 aliphatic heterocycles. The summed E-state index contributed by atoms with van der Waals surface area (Å²) in [5, 5.41) is 3.08. The summed E-state index contributed by atoms with van der Waals surface area (Å²) in [5.74, 6) is -1.51. The Kier molecular flexibility index (Phi) is 7.41. The molecule has 2 aromatic carbocycles. The third-order valence-corrected chi connectivity index (χ3v) is 7.45. The summed E-state index contributed by atoms with van der Waals surface area (Å²) in [4.78, 5) is 27.9. The first-order valence-corrected chi connectivity index (χ1v) is 12.2. The number of quaternary nitrogens is 1. The van der Waals surface area contributed by atoms with Gasteiger partial charge in [0.25, 0.3) is 0 Å². The first kappa shape index (κ1) is 26.4. The standard InChI is InChI=1S/C29H30F3N3O2/c1-4-23(30)11-8-20(2)29(22-9-12-24(31)13-10-22)19-34(28(37)33-29)26-14-15-35(3,17-26)18-27(36)21-6-5-7-25(32)16-21/h4-13,16,26H,1,14-15,17-19H2,2-3H3/p+1/b20-8+,23-11+. The molecule has 3 atom stereocenters. The molecule has 2 heterocycles. The van der Waals surface area contributed by atoms with Crippen LogP contribution in [0.2, 0.25) is 0 Å². The Bertz CT molecular complexity index is 1270. The lowest BCUT2D eigenvalue weighted by atomic mass is 9.83. The van der Waals surface area contributed by atoms with Crippen molar-refractivity contribution in [1.29, 1.82) is 0 Å². The Labute approximate surface area is 215 Å². The van der Waals surface area contributed by atoms with E-state index in [0.717, 1.165) is 6.08 Å². The maximum absolute atomic E-state index is 13.8. The SMILES string of the molecule is C=C/C(F)=C\C=C(/C)C1(c2ccc(F)cc2)CN(C2CC[N+](C)(CC(=O)c3cccc(F)c3)C2)C(=O)N1. The first-order chi connectivity index (χ1) is 17.5. The minimum Gasteiger partial charge on any atom is -0.323 e. The van der Waals surface area contributed by atoms with Crippen molar-refractivity contribution in [2.45, 2.75) is 24.9 Å². The van der Waals surface area contributed by atoms with Gasteiger partial charge in [-0.15, -0.1) is 0 Å². The van der Waals surface area contributed by atoms with Gasteiger partial charge in [0, 0.05) is 12.0 Å². The van der Waals surface area contributed by atoms with E-state index in [2.05, 4.69) is 11.9 Å². The fourth-order valence-corrected chi connectivity index (χ4v) is 5.33. The molecule has 0 bridgehead atoms. The van der Waals surface area contributed by atoms with Gasteiger partial charge in [-0.3, -0.25) is 4.79 Å². The topological polar surface area (TPSA) is 49.4 Å². The Morgan fingerprint density at radius 2 is 1.92 bits per heavy atom. The average molecular weight is 511 g/mol. The molecule has 2 fully saturated rings. The third-order valence-electron chi connectivity index (χ3n) is 7.45. The number of likely N-dealkylation sites (N-methyl/N-ethyl adjacent to an activating group) is 1. The normalized spacial score (nSPS) is 26.4. The molecule has 2 aliphatic rings. The molecule has 5 nitrogen and oxygen atoms in total. The van der Waals surface area contributed by atoms with Crippen molar-refractivity contribution in [3.8, 4) is 0 Å². The average Bonchev–Trinajstić information content (AvgIpc) is 3.43. The third kappa shape index (κ3) is 5.54. The van der Waals surface area contributed by atoms with E-state index < -0.39 is 23.0 Å². The van der Waals surface area contributed by atoms with Crippen LogP contribution >= 0.6 is 0 Å². The van der Waals surface area contributed by atoms with Crippen molar-refractivity contribution in [2.24, 2.45) is 0 Å². The highest BCUT2D eigenvalue weighted by molar-refractivity contribution is 5.97. The van der Waals surface area contributed by atoms with Crippen molar-refractivity contribution in [1.82, 2.24) is 10.2 Å². The number of urea groups is 1. The molecule has 0 aliphatic carbocycles. The highest BCUT2D eigenvalue weighted by Crippen LogP contribution is 2.37. The van der Waals surface area contributed by atoms with Crippen LogP contribution < -0.4 is 5.32 Å². The van der Waals surface area contributed by atoms with Crippen molar-refractivity contribution in [2.75, 3.05) is 33.2 Å². The second kappa shape index (κ2) is 10.4. The van der Waals surface area contributed by atoms with E-state index >= 15 is 0 Å². The molecule has 0 saturated carbocycles. The molecule has 2 aromatic rings. The lowest BCUT2D eigenvalue weighted by Gasteiger charge is -2.32. The molecule has 37 heavy (non-hydrogen) atoms. The zero-order valence-corrected chi connectivity index (χ0v) is 21.0. The zero-order chi connectivity index (χ0) is 26.8. The van der Waals surface area contributed by atoms with Crippen molar-refractivity contribution < 1.29 is 27.2 Å². The van der Waals surface area contributed by atoms with Gasteiger partial charge in [-0.05, 0) is 54.5 Å². The molecule has 2 amide bonds. The molecule has 2 saturated heterocycles. The van der Waals surface area contributed by atoms with E-state index in [1.807, 2.05) is 7.05 Å². The molecule has 0 spiro atoms. The number of amides is 2. The van der Waals surface area contributed by atoms with Crippen molar-refractivity contribution in [3.05, 3.63) is 107 Å². The lowest BCUT2D eigenvalue weighted by Crippen LogP contribution is -2.49. The monoisotopic (exact) mass is 510 g/mol. The molecule has 194 valence electrons. The predicted molar refractivity (Wildman–Crippen MR) is 136 cm³/mol. The minimum absolute atomic E-state index is 0.138. The van der Waals surface area contributed by atoms with E-state index in [4.69, 9.17) is 0 Å². The summed E-state index contributed by atoms with van der Waals surface area (Å²) in [5.41, 5.74) is 0.718. The highest BCUT2D eigenvalue weighted by atomic mass is 19.1. The fraction of sp³-hybridized carbons (Fsp3) is 0.310. The van der Waals surface area contributed by atoms with Gasteiger partial charge in [0.2, 0.25) is 5.78 Å². The Balaban J connectivity index is 1.57. The summed E-state index contributed by atoms with van der Waals surface area (Å²) < 4.78 is 41.5. The van der Waals surface area contributed by atoms with Gasteiger partial charge < -0.3 is 14.7 Å². The number of halogens is 3. The van der Waals surface area contributed by atoms with Crippen molar-refractivity contribution in [3.63, 3.8) is 0 Å². The number of likely N-dealkylation sites (tertiary alicyclic amines) is 1. The van der Waals surface area contributed by atoms with E-state index in [0.29, 0.717) is 40.7 Å². The van der Waals surface area contributed by atoms with Gasteiger partial charge >= 0.3 is 6.03 Å². The number of nitrogens with one attached hydrogen (secondary N) is 1. The Morgan fingerprint density at radius 1 is 1.19 bits per heavy atom. The highest BCUT2D eigenvalue weighted by Gasteiger charge is 2.50. The van der Waals surface area contributed by atoms with Gasteiger partial charge in [0.15, 0.2) is 0 Å². The quantitative estimate of drug-likeness (QED) is 0.299. The molecule has 1 N–H and O–H groups in total. The number of benzene rings is 2. The summed E-state index contributed by atoms with van der Waals surface area (Å²) >= 11 is 0. The number of carbonyl (C=O) groups is 2. The van der Waals surface area contributed by atoms with Gasteiger partial charge in [-0.1, -0.05) is 36.9 Å². The maximum Gasteiger partial charge on any atom is 0.318 e. The van der Waals surface area contributed by atoms with E-state index in [1.165, 1.54) is 36.4 Å². The fourth-order valence-electron chi connectivity index (χ4n) is 5.33. The smallest absolute Gasteiger partial charge is 0.318 e. The Morgan fingerprint density at radius 3 is 2.59 bits per heavy atom. The van der Waals surface area contributed by atoms with Crippen LogP contribution in [0.15, 0.2) is 84.7 Å². The first-order valence-electron chi connectivity index (χ1n) is 12.2. The number of rotatable bonds is 8. The van der Waals surface area contributed by atoms with Crippen LogP contribution in [-0.2, 0) is 5.54 Å². The van der Waals surface area contributed by atoms with Crippen LogP contribution in [-0.4, -0.2) is 60.5 Å². The number of ketones is 1. The molecule has 8 heteroatoms. The summed E-state index contributed by atoms with van der Waals surface area (Å²) in [6.45, 7) is 6.92. The molecular formula is C29H31F3N3O2+. The molecule has 4 rings (SSSR count). The van der Waals surface area contributed by atoms with Crippen LogP contribution in [0.4, 0.5) is 18.0 Å². The summed E-state index contributed by atoms with van der Waals surface area (Å²) in [7, 11) is 1.96. The molecule has 3 unspecified atom stereocenters. The Hall–Kier alpha value is -3.65. The second-order valence-electron chi connectivity index (χ2n) is 10.1. The van der Waals surface area contributed by atoms with Gasteiger partial charge in [-0.25, -0.2) is 18.0 Å². The maximum atomic E-state index is 13.8. The van der Waals surface area contributed by atoms with E-state index in [9.17, 15) is 22.8 Å². The van der Waals surface area contributed by atoms with Crippen LogP contribution in [0.3, 0.4) is 0 Å². The summed E-state index contributed by atoms with van der Waals surface area (Å²) in [6.07, 6.45) is 4.66. The minimum atomic E-state index is -0.980. The lowest BCUT2D eigenvalue weighted by molar-refractivity contribution is -0.890. The largest absolute Gasteiger partial charge is 0.323 e. The van der Waals surface area contributed by atoms with E-state index in [1.54, 1.807) is 36.1 Å². The predicted octanol–water partition coefficient (Wildman–Crippen LogP) is 5.27. The van der Waals surface area contributed by atoms with Crippen molar-refractivity contribution >= 4 is 11.8 Å². The van der Waals surface area contributed by atoms with E-state index in [-0.39, 0.29) is 30.9 Å². The number of nitrogens with zero attached hydrogens (tertiary/aromatic N) is 2. The molecular weight excluding hydrogens is 479 g/mol. The number of Topliss-reactive ketones (excluding diaryl/α,β-unsaturated/α-hetero) is 1. The van der Waals surface area contributed by atoms with Crippen LogP contribution in [0.1, 0.15) is 29.3 Å². The molecule has 0 radical (unpaired) electrons. The van der Waals surface area contributed by atoms with Gasteiger partial charge in [0.1, 0.15) is 29.5 Å². The molecule has 0 aromatic heterocycles. The zero-order valence-electron chi connectivity index (χ0n) is 21.0. The van der Waals surface area contributed by atoms with Gasteiger partial charge in [-0.2, -0.15) is 0 Å².